The number of benzene rings is 6. The maximum atomic E-state index is 13.7. The van der Waals surface area contributed by atoms with E-state index in [1.807, 2.05) is 66.7 Å². The summed E-state index contributed by atoms with van der Waals surface area (Å²) in [4.78, 5) is 13.7. The molecule has 6 aromatic carbocycles. The monoisotopic (exact) mass is 553 g/mol. The summed E-state index contributed by atoms with van der Waals surface area (Å²) in [6, 6.07) is 43.8. The Balaban J connectivity index is 1.34. The number of rotatable bonds is 2. The Morgan fingerprint density at radius 3 is 2.23 bits per heavy atom. The van der Waals surface area contributed by atoms with Crippen LogP contribution < -0.4 is 5.43 Å². The number of para-hydroxylation sites is 2. The van der Waals surface area contributed by atoms with Crippen molar-refractivity contribution in [3.63, 3.8) is 0 Å². The highest BCUT2D eigenvalue weighted by molar-refractivity contribution is 6.14. The molecule has 0 unspecified atom stereocenters. The number of hydrogen-bond donors (Lipinski definition) is 0. The Labute approximate surface area is 248 Å². The highest BCUT2D eigenvalue weighted by atomic mass is 16.3. The molecular formula is C40H27NO2. The number of nitrogens with zero attached hydrogens (tertiary/aromatic N) is 1. The van der Waals surface area contributed by atoms with Gasteiger partial charge < -0.3 is 8.98 Å². The maximum absolute atomic E-state index is 13.7. The highest BCUT2D eigenvalue weighted by Crippen LogP contribution is 2.53. The zero-order valence-corrected chi connectivity index (χ0v) is 23.9. The van der Waals surface area contributed by atoms with Crippen molar-refractivity contribution in [2.24, 2.45) is 0 Å². The van der Waals surface area contributed by atoms with Crippen LogP contribution in [0.4, 0.5) is 0 Å². The van der Waals surface area contributed by atoms with Gasteiger partial charge in [0, 0.05) is 33.5 Å². The molecular weight excluding hydrogens is 526 g/mol. The van der Waals surface area contributed by atoms with Crippen molar-refractivity contribution >= 4 is 43.7 Å². The first-order valence-electron chi connectivity index (χ1n) is 14.7. The molecule has 9 rings (SSSR count). The van der Waals surface area contributed by atoms with Gasteiger partial charge in [-0.05, 0) is 58.1 Å². The summed E-state index contributed by atoms with van der Waals surface area (Å²) in [6.45, 7) is 4.67. The van der Waals surface area contributed by atoms with E-state index in [-0.39, 0.29) is 10.8 Å². The van der Waals surface area contributed by atoms with Crippen molar-refractivity contribution in [3.8, 4) is 27.9 Å². The average Bonchev–Trinajstić information content (AvgIpc) is 3.50. The zero-order valence-electron chi connectivity index (χ0n) is 23.9. The van der Waals surface area contributed by atoms with Crippen molar-refractivity contribution < 1.29 is 4.42 Å². The molecule has 1 aliphatic rings. The van der Waals surface area contributed by atoms with E-state index in [0.717, 1.165) is 27.8 Å². The third kappa shape index (κ3) is 3.22. The first-order valence-corrected chi connectivity index (χ1v) is 14.7. The molecule has 0 spiro atoms. The van der Waals surface area contributed by atoms with E-state index in [4.69, 9.17) is 4.42 Å². The molecule has 0 saturated carbocycles. The summed E-state index contributed by atoms with van der Waals surface area (Å²) in [5, 5.41) is 3.68. The van der Waals surface area contributed by atoms with Gasteiger partial charge in [0.05, 0.1) is 21.8 Å². The minimum absolute atomic E-state index is 0.0138. The third-order valence-electron chi connectivity index (χ3n) is 9.38. The lowest BCUT2D eigenvalue weighted by molar-refractivity contribution is 0.660. The lowest BCUT2D eigenvalue weighted by atomic mass is 9.80. The van der Waals surface area contributed by atoms with Crippen molar-refractivity contribution in [1.82, 2.24) is 4.57 Å². The Morgan fingerprint density at radius 1 is 0.605 bits per heavy atom. The lowest BCUT2D eigenvalue weighted by Gasteiger charge is -2.22. The van der Waals surface area contributed by atoms with Crippen LogP contribution in [0.2, 0.25) is 0 Å². The van der Waals surface area contributed by atoms with Gasteiger partial charge in [0.1, 0.15) is 11.2 Å². The highest BCUT2D eigenvalue weighted by Gasteiger charge is 2.38. The Kier molecular flexibility index (Phi) is 4.82. The molecule has 0 N–H and O–H groups in total. The number of hydrogen-bond acceptors (Lipinski definition) is 2. The molecule has 43 heavy (non-hydrogen) atoms. The maximum Gasteiger partial charge on any atom is 0.200 e. The fraction of sp³-hybridized carbons (Fsp3) is 0.0750. The summed E-state index contributed by atoms with van der Waals surface area (Å²) in [5.41, 5.74) is 11.6. The van der Waals surface area contributed by atoms with Gasteiger partial charge in [-0.2, -0.15) is 0 Å². The van der Waals surface area contributed by atoms with Crippen LogP contribution >= 0.6 is 0 Å². The molecule has 8 aromatic rings. The molecule has 0 saturated heterocycles. The first-order chi connectivity index (χ1) is 21.0. The second-order valence-corrected chi connectivity index (χ2v) is 12.1. The van der Waals surface area contributed by atoms with Crippen LogP contribution in [0.15, 0.2) is 137 Å². The molecule has 0 radical (unpaired) electrons. The van der Waals surface area contributed by atoms with E-state index in [2.05, 4.69) is 79.1 Å². The molecule has 1 aliphatic carbocycles. The molecule has 2 aromatic heterocycles. The van der Waals surface area contributed by atoms with Gasteiger partial charge in [-0.1, -0.05) is 105 Å². The molecule has 0 bridgehead atoms. The molecule has 2 heterocycles. The van der Waals surface area contributed by atoms with Crippen LogP contribution in [0, 0.1) is 0 Å². The zero-order chi connectivity index (χ0) is 28.9. The van der Waals surface area contributed by atoms with Crippen molar-refractivity contribution in [3.05, 3.63) is 149 Å². The normalized spacial score (nSPS) is 13.6. The molecule has 0 atom stereocenters. The minimum Gasteiger partial charge on any atom is -0.455 e. The van der Waals surface area contributed by atoms with E-state index >= 15 is 0 Å². The van der Waals surface area contributed by atoms with E-state index in [1.165, 1.54) is 33.0 Å². The van der Waals surface area contributed by atoms with Crippen LogP contribution in [-0.2, 0) is 5.41 Å². The lowest BCUT2D eigenvalue weighted by Crippen LogP contribution is -2.15. The van der Waals surface area contributed by atoms with Crippen molar-refractivity contribution in [1.29, 1.82) is 0 Å². The van der Waals surface area contributed by atoms with Gasteiger partial charge in [-0.3, -0.25) is 4.79 Å². The Bertz CT molecular complexity index is 2500. The Morgan fingerprint density at radius 2 is 1.35 bits per heavy atom. The first kappa shape index (κ1) is 24.2. The SMILES string of the molecule is CC1(C)c2ccccc2-c2ccc3c(c21)c1ccccc1n3-c1ccc2c(=O)c3cccc(-c4ccccc4)c3oc2c1. The quantitative estimate of drug-likeness (QED) is 0.200. The topological polar surface area (TPSA) is 35.1 Å². The van der Waals surface area contributed by atoms with Crippen LogP contribution in [-0.4, -0.2) is 4.57 Å². The molecule has 204 valence electrons. The number of fused-ring (bicyclic) bond motifs is 9. The standard InChI is InChI=1S/C40H27NO2/c1-40(2)32-17-8-6-13-27(32)28-21-22-34-36(37(28)40)29-14-7-9-18-33(29)41(34)25-19-20-30-35(23-25)43-39-26(24-11-4-3-5-12-24)15-10-16-31(39)38(30)42/h3-23H,1-2H3. The van der Waals surface area contributed by atoms with E-state index in [1.54, 1.807) is 0 Å². The van der Waals surface area contributed by atoms with E-state index in [0.29, 0.717) is 21.9 Å². The van der Waals surface area contributed by atoms with Crippen LogP contribution in [0.25, 0.3) is 71.7 Å². The molecule has 3 nitrogen and oxygen atoms in total. The average molecular weight is 554 g/mol. The van der Waals surface area contributed by atoms with E-state index < -0.39 is 0 Å². The van der Waals surface area contributed by atoms with Gasteiger partial charge in [0.25, 0.3) is 0 Å². The van der Waals surface area contributed by atoms with Crippen LogP contribution in [0.5, 0.6) is 0 Å². The van der Waals surface area contributed by atoms with Crippen LogP contribution in [0.3, 0.4) is 0 Å². The summed E-state index contributed by atoms with van der Waals surface area (Å²) in [7, 11) is 0. The van der Waals surface area contributed by atoms with Gasteiger partial charge in [-0.25, -0.2) is 0 Å². The molecule has 0 fully saturated rings. The van der Waals surface area contributed by atoms with Gasteiger partial charge >= 0.3 is 0 Å². The predicted molar refractivity (Wildman–Crippen MR) is 177 cm³/mol. The van der Waals surface area contributed by atoms with Crippen molar-refractivity contribution in [2.75, 3.05) is 0 Å². The van der Waals surface area contributed by atoms with Crippen LogP contribution in [0.1, 0.15) is 25.0 Å². The Hall–Kier alpha value is -5.41. The van der Waals surface area contributed by atoms with Gasteiger partial charge in [-0.15, -0.1) is 0 Å². The number of aromatic nitrogens is 1. The molecule has 0 aliphatic heterocycles. The predicted octanol–water partition coefficient (Wildman–Crippen LogP) is 10.0. The third-order valence-corrected chi connectivity index (χ3v) is 9.38. The summed E-state index contributed by atoms with van der Waals surface area (Å²) < 4.78 is 8.93. The minimum atomic E-state index is -0.136. The fourth-order valence-corrected chi connectivity index (χ4v) is 7.46. The second-order valence-electron chi connectivity index (χ2n) is 12.1. The van der Waals surface area contributed by atoms with Gasteiger partial charge in [0.15, 0.2) is 0 Å². The second kappa shape index (κ2) is 8.56. The summed E-state index contributed by atoms with van der Waals surface area (Å²) in [5.74, 6) is 0. The van der Waals surface area contributed by atoms with Crippen molar-refractivity contribution in [2.45, 2.75) is 19.3 Å². The fourth-order valence-electron chi connectivity index (χ4n) is 7.46. The van der Waals surface area contributed by atoms with Gasteiger partial charge in [0.2, 0.25) is 5.43 Å². The summed E-state index contributed by atoms with van der Waals surface area (Å²) in [6.07, 6.45) is 0. The molecule has 0 amide bonds. The molecule has 3 heteroatoms. The van der Waals surface area contributed by atoms with E-state index in [9.17, 15) is 4.79 Å². The smallest absolute Gasteiger partial charge is 0.200 e. The summed E-state index contributed by atoms with van der Waals surface area (Å²) >= 11 is 0. The largest absolute Gasteiger partial charge is 0.455 e.